The number of pyridine rings is 1. The SMILES string of the molecule is CCCCCCCCS(=O)(=O)Nc1ccc(-c2cccnc2)cc1C(=O)O. The van der Waals surface area contributed by atoms with Gasteiger partial charge in [-0.25, -0.2) is 13.2 Å². The first-order chi connectivity index (χ1) is 12.9. The zero-order valence-corrected chi connectivity index (χ0v) is 16.3. The molecule has 7 heteroatoms. The second-order valence-corrected chi connectivity index (χ2v) is 8.34. The van der Waals surface area contributed by atoms with E-state index in [9.17, 15) is 18.3 Å². The van der Waals surface area contributed by atoms with Gasteiger partial charge in [-0.15, -0.1) is 0 Å². The summed E-state index contributed by atoms with van der Waals surface area (Å²) >= 11 is 0. The highest BCUT2D eigenvalue weighted by atomic mass is 32.2. The van der Waals surface area contributed by atoms with Crippen LogP contribution in [0.2, 0.25) is 0 Å². The third-order valence-electron chi connectivity index (χ3n) is 4.28. The first-order valence-corrected chi connectivity index (χ1v) is 10.9. The lowest BCUT2D eigenvalue weighted by Gasteiger charge is -2.12. The van der Waals surface area contributed by atoms with Crippen molar-refractivity contribution in [2.75, 3.05) is 10.5 Å². The summed E-state index contributed by atoms with van der Waals surface area (Å²) in [6.07, 6.45) is 9.12. The normalized spacial score (nSPS) is 11.3. The lowest BCUT2D eigenvalue weighted by atomic mass is 10.0. The van der Waals surface area contributed by atoms with E-state index in [0.29, 0.717) is 12.0 Å². The van der Waals surface area contributed by atoms with Crippen molar-refractivity contribution in [1.29, 1.82) is 0 Å². The molecule has 146 valence electrons. The van der Waals surface area contributed by atoms with E-state index in [1.165, 1.54) is 12.1 Å². The Labute approximate surface area is 160 Å². The van der Waals surface area contributed by atoms with Gasteiger partial charge in [-0.3, -0.25) is 9.71 Å². The average molecular weight is 391 g/mol. The summed E-state index contributed by atoms with van der Waals surface area (Å²) in [5.74, 6) is -1.19. The molecular formula is C20H26N2O4S. The minimum Gasteiger partial charge on any atom is -0.478 e. The molecule has 0 saturated heterocycles. The molecule has 0 unspecified atom stereocenters. The van der Waals surface area contributed by atoms with Gasteiger partial charge in [0.15, 0.2) is 0 Å². The minimum atomic E-state index is -3.59. The van der Waals surface area contributed by atoms with Crippen LogP contribution in [0.4, 0.5) is 5.69 Å². The summed E-state index contributed by atoms with van der Waals surface area (Å²) < 4.78 is 27.0. The minimum absolute atomic E-state index is 0.0114. The molecular weight excluding hydrogens is 364 g/mol. The molecule has 0 aliphatic heterocycles. The van der Waals surface area contributed by atoms with E-state index in [2.05, 4.69) is 16.6 Å². The fourth-order valence-corrected chi connectivity index (χ4v) is 4.01. The molecule has 2 aromatic rings. The average Bonchev–Trinajstić information content (AvgIpc) is 2.65. The van der Waals surface area contributed by atoms with E-state index < -0.39 is 16.0 Å². The maximum atomic E-state index is 12.3. The summed E-state index contributed by atoms with van der Waals surface area (Å²) in [5.41, 5.74) is 1.44. The van der Waals surface area contributed by atoms with Crippen LogP contribution in [0, 0.1) is 0 Å². The van der Waals surface area contributed by atoms with Gasteiger partial charge >= 0.3 is 5.97 Å². The first-order valence-electron chi connectivity index (χ1n) is 9.21. The highest BCUT2D eigenvalue weighted by Gasteiger charge is 2.17. The molecule has 0 radical (unpaired) electrons. The van der Waals surface area contributed by atoms with Crippen molar-refractivity contribution < 1.29 is 18.3 Å². The van der Waals surface area contributed by atoms with Crippen molar-refractivity contribution in [2.24, 2.45) is 0 Å². The first kappa shape index (κ1) is 20.9. The monoisotopic (exact) mass is 390 g/mol. The third-order valence-corrected chi connectivity index (χ3v) is 5.63. The van der Waals surface area contributed by atoms with Gasteiger partial charge in [0, 0.05) is 18.0 Å². The molecule has 0 fully saturated rings. The number of hydrogen-bond acceptors (Lipinski definition) is 4. The number of sulfonamides is 1. The van der Waals surface area contributed by atoms with Gasteiger partial charge in [0.05, 0.1) is 17.0 Å². The highest BCUT2D eigenvalue weighted by molar-refractivity contribution is 7.92. The smallest absolute Gasteiger partial charge is 0.337 e. The van der Waals surface area contributed by atoms with Gasteiger partial charge in [-0.05, 0) is 30.2 Å². The van der Waals surface area contributed by atoms with Crippen LogP contribution in [0.5, 0.6) is 0 Å². The van der Waals surface area contributed by atoms with E-state index in [1.54, 1.807) is 24.5 Å². The van der Waals surface area contributed by atoms with Gasteiger partial charge < -0.3 is 5.11 Å². The number of carboxylic acid groups (broad SMARTS) is 1. The van der Waals surface area contributed by atoms with Crippen molar-refractivity contribution in [1.82, 2.24) is 4.98 Å². The van der Waals surface area contributed by atoms with Crippen molar-refractivity contribution >= 4 is 21.7 Å². The van der Waals surface area contributed by atoms with Crippen molar-refractivity contribution in [2.45, 2.75) is 45.4 Å². The molecule has 0 bridgehead atoms. The van der Waals surface area contributed by atoms with Gasteiger partial charge in [0.25, 0.3) is 0 Å². The van der Waals surface area contributed by atoms with Crippen LogP contribution in [0.15, 0.2) is 42.7 Å². The molecule has 1 aromatic heterocycles. The zero-order chi connectivity index (χ0) is 19.7. The van der Waals surface area contributed by atoms with E-state index in [4.69, 9.17) is 0 Å². The number of nitrogens with zero attached hydrogens (tertiary/aromatic N) is 1. The lowest BCUT2D eigenvalue weighted by molar-refractivity contribution is 0.0698. The van der Waals surface area contributed by atoms with Crippen LogP contribution in [0.25, 0.3) is 11.1 Å². The maximum Gasteiger partial charge on any atom is 0.337 e. The summed E-state index contributed by atoms with van der Waals surface area (Å²) in [6, 6.07) is 8.21. The van der Waals surface area contributed by atoms with Crippen LogP contribution in [0.3, 0.4) is 0 Å². The Morgan fingerprint density at radius 2 is 1.81 bits per heavy atom. The molecule has 0 amide bonds. The molecule has 27 heavy (non-hydrogen) atoms. The molecule has 2 N–H and O–H groups in total. The summed E-state index contributed by atoms with van der Waals surface area (Å²) in [4.78, 5) is 15.6. The van der Waals surface area contributed by atoms with Gasteiger partial charge in [-0.2, -0.15) is 0 Å². The quantitative estimate of drug-likeness (QED) is 0.549. The molecule has 1 aromatic carbocycles. The highest BCUT2D eigenvalue weighted by Crippen LogP contribution is 2.26. The standard InChI is InChI=1S/C20H26N2O4S/c1-2-3-4-5-6-7-13-27(25,26)22-19-11-10-16(14-18(19)20(23)24)17-9-8-12-21-15-17/h8-12,14-15,22H,2-7,13H2,1H3,(H,23,24). The molecule has 0 atom stereocenters. The zero-order valence-electron chi connectivity index (χ0n) is 15.5. The number of hydrogen-bond donors (Lipinski definition) is 2. The second kappa shape index (κ2) is 10.1. The largest absolute Gasteiger partial charge is 0.478 e. The molecule has 0 spiro atoms. The number of carbonyl (C=O) groups is 1. The number of aromatic carboxylic acids is 1. The third kappa shape index (κ3) is 6.67. The molecule has 6 nitrogen and oxygen atoms in total. The molecule has 2 rings (SSSR count). The molecule has 0 saturated carbocycles. The molecule has 1 heterocycles. The van der Waals surface area contributed by atoms with Crippen molar-refractivity contribution in [3.63, 3.8) is 0 Å². The van der Waals surface area contributed by atoms with Crippen LogP contribution in [-0.4, -0.2) is 30.2 Å². The fraction of sp³-hybridized carbons (Fsp3) is 0.400. The summed E-state index contributed by atoms with van der Waals surface area (Å²) in [5, 5.41) is 9.48. The maximum absolute atomic E-state index is 12.3. The number of unbranched alkanes of at least 4 members (excludes halogenated alkanes) is 5. The Balaban J connectivity index is 2.07. The van der Waals surface area contributed by atoms with Crippen LogP contribution >= 0.6 is 0 Å². The predicted molar refractivity (Wildman–Crippen MR) is 107 cm³/mol. The van der Waals surface area contributed by atoms with Crippen molar-refractivity contribution in [3.05, 3.63) is 48.3 Å². The Kier molecular flexibility index (Phi) is 7.79. The topological polar surface area (TPSA) is 96.4 Å². The molecule has 0 aliphatic carbocycles. The van der Waals surface area contributed by atoms with E-state index >= 15 is 0 Å². The Morgan fingerprint density at radius 3 is 2.48 bits per heavy atom. The van der Waals surface area contributed by atoms with E-state index in [-0.39, 0.29) is 17.0 Å². The number of aromatic nitrogens is 1. The van der Waals surface area contributed by atoms with E-state index in [1.807, 2.05) is 6.07 Å². The Morgan fingerprint density at radius 1 is 1.07 bits per heavy atom. The Bertz CT molecular complexity index is 852. The number of rotatable bonds is 11. The number of carboxylic acids is 1. The molecule has 0 aliphatic rings. The number of anilines is 1. The number of benzene rings is 1. The van der Waals surface area contributed by atoms with Crippen molar-refractivity contribution in [3.8, 4) is 11.1 Å². The van der Waals surface area contributed by atoms with Crippen LogP contribution < -0.4 is 4.72 Å². The van der Waals surface area contributed by atoms with Crippen LogP contribution in [0.1, 0.15) is 55.8 Å². The van der Waals surface area contributed by atoms with Gasteiger partial charge in [0.2, 0.25) is 10.0 Å². The lowest BCUT2D eigenvalue weighted by Crippen LogP contribution is -2.18. The summed E-state index contributed by atoms with van der Waals surface area (Å²) in [7, 11) is -3.59. The van der Waals surface area contributed by atoms with E-state index in [0.717, 1.165) is 37.7 Å². The Hall–Kier alpha value is -2.41. The summed E-state index contributed by atoms with van der Waals surface area (Å²) in [6.45, 7) is 2.13. The fourth-order valence-electron chi connectivity index (χ4n) is 2.81. The van der Waals surface area contributed by atoms with Crippen LogP contribution in [-0.2, 0) is 10.0 Å². The van der Waals surface area contributed by atoms with Gasteiger partial charge in [0.1, 0.15) is 0 Å². The predicted octanol–water partition coefficient (Wildman–Crippen LogP) is 4.55. The second-order valence-electron chi connectivity index (χ2n) is 6.50. The number of nitrogens with one attached hydrogen (secondary N) is 1. The van der Waals surface area contributed by atoms with Gasteiger partial charge in [-0.1, -0.05) is 51.2 Å².